The average molecular weight is 334 g/mol. The van der Waals surface area contributed by atoms with Crippen molar-refractivity contribution in [3.05, 3.63) is 30.0 Å². The van der Waals surface area contributed by atoms with Crippen LogP contribution in [0.1, 0.15) is 44.2 Å². The van der Waals surface area contributed by atoms with E-state index in [1.54, 1.807) is 4.31 Å². The Kier molecular flexibility index (Phi) is 3.89. The zero-order chi connectivity index (χ0) is 15.9. The Hall–Kier alpha value is -1.40. The molecule has 2 fully saturated rings. The van der Waals surface area contributed by atoms with Crippen LogP contribution in [0.5, 0.6) is 0 Å². The lowest BCUT2D eigenvalue weighted by atomic mass is 9.97. The largest absolute Gasteiger partial charge is 0.356 e. The van der Waals surface area contributed by atoms with Crippen molar-refractivity contribution in [1.29, 1.82) is 0 Å². The molecule has 0 amide bonds. The van der Waals surface area contributed by atoms with Crippen LogP contribution in [0.2, 0.25) is 0 Å². The lowest BCUT2D eigenvalue weighted by Gasteiger charge is -2.28. The summed E-state index contributed by atoms with van der Waals surface area (Å²) < 4.78 is 32.9. The zero-order valence-corrected chi connectivity index (χ0v) is 14.0. The Labute approximate surface area is 136 Å². The van der Waals surface area contributed by atoms with Crippen molar-refractivity contribution in [3.63, 3.8) is 0 Å². The molecular weight excluding hydrogens is 312 g/mol. The third-order valence-electron chi connectivity index (χ3n) is 5.32. The van der Waals surface area contributed by atoms with Crippen molar-refractivity contribution in [2.24, 2.45) is 5.92 Å². The van der Waals surface area contributed by atoms with Crippen LogP contribution in [-0.4, -0.2) is 30.5 Å². The van der Waals surface area contributed by atoms with Gasteiger partial charge < -0.3 is 4.52 Å². The number of fused-ring (bicyclic) bond motifs is 1. The van der Waals surface area contributed by atoms with Gasteiger partial charge in [-0.3, -0.25) is 0 Å². The van der Waals surface area contributed by atoms with E-state index in [2.05, 4.69) is 5.16 Å². The first-order valence-corrected chi connectivity index (χ1v) is 10.1. The third kappa shape index (κ3) is 2.78. The topological polar surface area (TPSA) is 63.4 Å². The van der Waals surface area contributed by atoms with Gasteiger partial charge in [0.2, 0.25) is 10.0 Å². The lowest BCUT2D eigenvalue weighted by Crippen LogP contribution is -2.40. The molecule has 1 aliphatic carbocycles. The van der Waals surface area contributed by atoms with Crippen molar-refractivity contribution in [3.8, 4) is 0 Å². The molecule has 1 aliphatic heterocycles. The fraction of sp³-hybridized carbons (Fsp3) is 0.588. The molecule has 4 rings (SSSR count). The molecule has 2 aliphatic rings. The molecule has 1 aromatic carbocycles. The molecular formula is C17H22N2O3S. The van der Waals surface area contributed by atoms with Gasteiger partial charge in [-0.15, -0.1) is 0 Å². The highest BCUT2D eigenvalue weighted by molar-refractivity contribution is 7.88. The quantitative estimate of drug-likeness (QED) is 0.860. The molecule has 1 aromatic heterocycles. The zero-order valence-electron chi connectivity index (χ0n) is 13.1. The van der Waals surface area contributed by atoms with Crippen LogP contribution in [0.3, 0.4) is 0 Å². The van der Waals surface area contributed by atoms with Crippen LogP contribution in [0.15, 0.2) is 28.8 Å². The van der Waals surface area contributed by atoms with Crippen molar-refractivity contribution in [2.45, 2.75) is 50.3 Å². The Bertz CT molecular complexity index is 793. The van der Waals surface area contributed by atoms with Gasteiger partial charge in [0.05, 0.1) is 0 Å². The van der Waals surface area contributed by atoms with E-state index in [1.807, 2.05) is 24.3 Å². The highest BCUT2D eigenvalue weighted by Gasteiger charge is 2.40. The minimum absolute atomic E-state index is 0.0623. The number of aromatic nitrogens is 1. The summed E-state index contributed by atoms with van der Waals surface area (Å²) in [5, 5.41) is 4.79. The summed E-state index contributed by atoms with van der Waals surface area (Å²) in [6.45, 7) is 0.652. The fourth-order valence-electron chi connectivity index (χ4n) is 4.22. The predicted octanol–water partition coefficient (Wildman–Crippen LogP) is 3.31. The highest BCUT2D eigenvalue weighted by Crippen LogP contribution is 2.37. The van der Waals surface area contributed by atoms with E-state index in [1.165, 1.54) is 25.7 Å². The second kappa shape index (κ2) is 5.91. The molecule has 2 aromatic rings. The van der Waals surface area contributed by atoms with E-state index >= 15 is 0 Å². The number of rotatable bonds is 4. The van der Waals surface area contributed by atoms with Gasteiger partial charge in [0, 0.05) is 18.0 Å². The fourth-order valence-corrected chi connectivity index (χ4v) is 6.04. The van der Waals surface area contributed by atoms with Gasteiger partial charge in [-0.2, -0.15) is 4.31 Å². The smallest absolute Gasteiger partial charge is 0.220 e. The lowest BCUT2D eigenvalue weighted by molar-refractivity contribution is 0.288. The molecule has 5 nitrogen and oxygen atoms in total. The van der Waals surface area contributed by atoms with Gasteiger partial charge in [-0.1, -0.05) is 30.1 Å². The van der Waals surface area contributed by atoms with E-state index in [0.717, 1.165) is 18.2 Å². The molecule has 0 spiro atoms. The second-order valence-electron chi connectivity index (χ2n) is 6.75. The van der Waals surface area contributed by atoms with E-state index in [9.17, 15) is 8.42 Å². The van der Waals surface area contributed by atoms with Gasteiger partial charge in [0.15, 0.2) is 5.58 Å². The minimum atomic E-state index is -3.35. The molecule has 2 heterocycles. The van der Waals surface area contributed by atoms with E-state index in [4.69, 9.17) is 4.52 Å². The summed E-state index contributed by atoms with van der Waals surface area (Å²) >= 11 is 0. The number of sulfonamides is 1. The summed E-state index contributed by atoms with van der Waals surface area (Å²) in [4.78, 5) is 0. The molecule has 1 atom stereocenters. The van der Waals surface area contributed by atoms with Gasteiger partial charge in [-0.05, 0) is 43.7 Å². The molecule has 6 heteroatoms. The first-order chi connectivity index (χ1) is 11.1. The number of nitrogens with zero attached hydrogens (tertiary/aromatic N) is 2. The van der Waals surface area contributed by atoms with Crippen molar-refractivity contribution >= 4 is 21.0 Å². The minimum Gasteiger partial charge on any atom is -0.356 e. The maximum atomic E-state index is 13.0. The standard InChI is InChI=1S/C17H22N2O3S/c20-23(21,12-15-14-8-3-4-10-17(14)22-18-15)19-11-5-9-16(19)13-6-1-2-7-13/h3-4,8,10,13,16H,1-2,5-7,9,11-12H2. The van der Waals surface area contributed by atoms with Crippen molar-refractivity contribution < 1.29 is 12.9 Å². The first-order valence-electron chi connectivity index (χ1n) is 8.48. The van der Waals surface area contributed by atoms with E-state index in [0.29, 0.717) is 23.7 Å². The Balaban J connectivity index is 1.59. The van der Waals surface area contributed by atoms with Gasteiger partial charge >= 0.3 is 0 Å². The Morgan fingerprint density at radius 2 is 1.91 bits per heavy atom. The SMILES string of the molecule is O=S(=O)(Cc1noc2ccccc12)N1CCCC1C1CCCC1. The monoisotopic (exact) mass is 334 g/mol. The number of hydrogen-bond donors (Lipinski definition) is 0. The molecule has 0 bridgehead atoms. The normalized spacial score (nSPS) is 23.9. The summed E-state index contributed by atoms with van der Waals surface area (Å²) in [6, 6.07) is 7.63. The summed E-state index contributed by atoms with van der Waals surface area (Å²) in [7, 11) is -3.35. The molecule has 1 saturated carbocycles. The molecule has 23 heavy (non-hydrogen) atoms. The van der Waals surface area contributed by atoms with Crippen LogP contribution in [0, 0.1) is 5.92 Å². The van der Waals surface area contributed by atoms with Crippen molar-refractivity contribution in [1.82, 2.24) is 9.46 Å². The van der Waals surface area contributed by atoms with Crippen LogP contribution >= 0.6 is 0 Å². The first kappa shape index (κ1) is 15.1. The number of hydrogen-bond acceptors (Lipinski definition) is 4. The number of benzene rings is 1. The molecule has 1 unspecified atom stereocenters. The Morgan fingerprint density at radius 3 is 2.74 bits per heavy atom. The van der Waals surface area contributed by atoms with Crippen molar-refractivity contribution in [2.75, 3.05) is 6.54 Å². The van der Waals surface area contributed by atoms with E-state index in [-0.39, 0.29) is 11.8 Å². The van der Waals surface area contributed by atoms with Crippen LogP contribution in [0.4, 0.5) is 0 Å². The maximum Gasteiger partial charge on any atom is 0.220 e. The van der Waals surface area contributed by atoms with Gasteiger partial charge in [0.1, 0.15) is 11.4 Å². The summed E-state index contributed by atoms with van der Waals surface area (Å²) in [6.07, 6.45) is 6.79. The van der Waals surface area contributed by atoms with Gasteiger partial charge in [-0.25, -0.2) is 8.42 Å². The highest BCUT2D eigenvalue weighted by atomic mass is 32.2. The summed E-state index contributed by atoms with van der Waals surface area (Å²) in [5.41, 5.74) is 1.17. The van der Waals surface area contributed by atoms with E-state index < -0.39 is 10.0 Å². The van der Waals surface area contributed by atoms with Crippen LogP contribution < -0.4 is 0 Å². The summed E-state index contributed by atoms with van der Waals surface area (Å²) in [5.74, 6) is 0.481. The third-order valence-corrected chi connectivity index (χ3v) is 7.13. The van der Waals surface area contributed by atoms with Crippen LogP contribution in [-0.2, 0) is 15.8 Å². The molecule has 0 N–H and O–H groups in total. The van der Waals surface area contributed by atoms with Gasteiger partial charge in [0.25, 0.3) is 0 Å². The molecule has 0 radical (unpaired) electrons. The van der Waals surface area contributed by atoms with Crippen LogP contribution in [0.25, 0.3) is 11.0 Å². The average Bonchev–Trinajstić information content (AvgIpc) is 3.27. The number of para-hydroxylation sites is 1. The maximum absolute atomic E-state index is 13.0. The predicted molar refractivity (Wildman–Crippen MR) is 88.3 cm³/mol. The Morgan fingerprint density at radius 1 is 1.13 bits per heavy atom. The second-order valence-corrected chi connectivity index (χ2v) is 8.67. The molecule has 1 saturated heterocycles. The molecule has 124 valence electrons.